The van der Waals surface area contributed by atoms with Crippen molar-refractivity contribution in [1.82, 2.24) is 29.9 Å². The van der Waals surface area contributed by atoms with Gasteiger partial charge >= 0.3 is 12.6 Å². The third kappa shape index (κ3) is 6.91. The molecule has 9 nitrogen and oxygen atoms in total. The molecule has 26 heavy (non-hydrogen) atoms. The Kier molecular flexibility index (Phi) is 7.12. The smallest absolute Gasteiger partial charge is 0.387 e. The number of aromatic nitrogens is 6. The number of rotatable bonds is 4. The van der Waals surface area contributed by atoms with Gasteiger partial charge in [-0.3, -0.25) is 0 Å². The fourth-order valence-corrected chi connectivity index (χ4v) is 1.48. The van der Waals surface area contributed by atoms with Crippen LogP contribution in [0, 0.1) is 0 Å². The quantitative estimate of drug-likeness (QED) is 0.654. The number of halogens is 4. The Bertz CT molecular complexity index is 789. The fourth-order valence-electron chi connectivity index (χ4n) is 1.28. The molecule has 0 bridgehead atoms. The number of hydrogen-bond donors (Lipinski definition) is 1. The summed E-state index contributed by atoms with van der Waals surface area (Å²) in [5.41, 5.74) is 0. The van der Waals surface area contributed by atoms with Gasteiger partial charge in [-0.2, -0.15) is 18.7 Å². The van der Waals surface area contributed by atoms with Gasteiger partial charge in [0.1, 0.15) is 0 Å². The summed E-state index contributed by atoms with van der Waals surface area (Å²) in [5.74, 6) is 0.126. The molecule has 0 fully saturated rings. The molecule has 3 aromatic rings. The Morgan fingerprint density at radius 3 is 1.69 bits per heavy atom. The lowest BCUT2D eigenvalue weighted by atomic mass is 10.6. The first-order valence-corrected chi connectivity index (χ1v) is 7.26. The Morgan fingerprint density at radius 1 is 0.769 bits per heavy atom. The minimum atomic E-state index is -2.93. The fraction of sp³-hybridized carbons (Fsp3) is 0.0769. The topological polar surface area (TPSA) is 116 Å². The molecule has 3 heterocycles. The van der Waals surface area contributed by atoms with Gasteiger partial charge in [-0.25, -0.2) is 19.9 Å². The third-order valence-corrected chi connectivity index (χ3v) is 2.63. The molecule has 3 rings (SSSR count). The van der Waals surface area contributed by atoms with Crippen molar-refractivity contribution in [2.45, 2.75) is 6.61 Å². The number of aromatic hydroxyl groups is 1. The average Bonchev–Trinajstić information content (AvgIpc) is 2.61. The molecule has 0 aliphatic heterocycles. The van der Waals surface area contributed by atoms with Crippen LogP contribution in [0.1, 0.15) is 0 Å². The van der Waals surface area contributed by atoms with Gasteiger partial charge in [0.05, 0.1) is 37.2 Å². The summed E-state index contributed by atoms with van der Waals surface area (Å²) < 4.78 is 33.0. The second-order valence-corrected chi connectivity index (χ2v) is 4.76. The number of hydrogen-bond acceptors (Lipinski definition) is 9. The van der Waals surface area contributed by atoms with Crippen LogP contribution in [0.15, 0.2) is 37.2 Å². The molecule has 0 amide bonds. The van der Waals surface area contributed by atoms with E-state index in [0.29, 0.717) is 0 Å². The highest BCUT2D eigenvalue weighted by molar-refractivity contribution is 6.28. The van der Waals surface area contributed by atoms with Crippen LogP contribution in [0.25, 0.3) is 0 Å². The van der Waals surface area contributed by atoms with Crippen LogP contribution in [-0.2, 0) is 0 Å². The van der Waals surface area contributed by atoms with E-state index in [2.05, 4.69) is 34.6 Å². The lowest BCUT2D eigenvalue weighted by Crippen LogP contribution is -2.03. The van der Waals surface area contributed by atoms with Gasteiger partial charge in [-0.15, -0.1) is 0 Å². The first-order valence-electron chi connectivity index (χ1n) is 6.51. The SMILES string of the molecule is FC(F)Oc1cnc(Oc2cnc(Cl)nc2)nc1.Oc1cnc(Cl)nc1. The standard InChI is InChI=1S/C9H5ClF2N4O2.C4H3ClN2O/c10-7-13-1-6(2-14-7)18-9-15-3-5(4-16-9)17-8(11)12;5-4-6-1-3(8)2-7-4/h1-4,8H;1-2,8H. The van der Waals surface area contributed by atoms with Gasteiger partial charge in [0.2, 0.25) is 10.6 Å². The second kappa shape index (κ2) is 9.53. The minimum Gasteiger partial charge on any atom is -0.505 e. The van der Waals surface area contributed by atoms with Gasteiger partial charge in [0.25, 0.3) is 0 Å². The lowest BCUT2D eigenvalue weighted by Gasteiger charge is -2.05. The lowest BCUT2D eigenvalue weighted by molar-refractivity contribution is -0.0503. The van der Waals surface area contributed by atoms with Crippen LogP contribution in [0.4, 0.5) is 8.78 Å². The third-order valence-electron chi connectivity index (χ3n) is 2.24. The zero-order valence-electron chi connectivity index (χ0n) is 12.5. The van der Waals surface area contributed by atoms with Crippen molar-refractivity contribution in [3.05, 3.63) is 47.7 Å². The van der Waals surface area contributed by atoms with E-state index in [1.165, 1.54) is 24.8 Å². The van der Waals surface area contributed by atoms with E-state index in [1.807, 2.05) is 0 Å². The maximum Gasteiger partial charge on any atom is 0.387 e. The van der Waals surface area contributed by atoms with Gasteiger partial charge in [0.15, 0.2) is 17.2 Å². The summed E-state index contributed by atoms with van der Waals surface area (Å²) in [6.45, 7) is -2.93. The van der Waals surface area contributed by atoms with Gasteiger partial charge in [-0.05, 0) is 23.2 Å². The van der Waals surface area contributed by atoms with Gasteiger partial charge in [0, 0.05) is 0 Å². The zero-order valence-corrected chi connectivity index (χ0v) is 14.0. The van der Waals surface area contributed by atoms with E-state index in [-0.39, 0.29) is 33.8 Å². The van der Waals surface area contributed by atoms with Crippen molar-refractivity contribution < 1.29 is 23.4 Å². The molecule has 0 aromatic carbocycles. The van der Waals surface area contributed by atoms with Crippen molar-refractivity contribution in [1.29, 1.82) is 0 Å². The van der Waals surface area contributed by atoms with E-state index < -0.39 is 6.61 Å². The summed E-state index contributed by atoms with van der Waals surface area (Å²) >= 11 is 10.8. The number of nitrogens with zero attached hydrogens (tertiary/aromatic N) is 6. The molecule has 1 N–H and O–H groups in total. The summed E-state index contributed by atoms with van der Waals surface area (Å²) in [7, 11) is 0. The first-order chi connectivity index (χ1) is 12.4. The molecule has 3 aromatic heterocycles. The summed E-state index contributed by atoms with van der Waals surface area (Å²) in [6.07, 6.45) is 7.23. The Labute approximate surface area is 154 Å². The van der Waals surface area contributed by atoms with E-state index in [4.69, 9.17) is 33.0 Å². The molecule has 0 spiro atoms. The molecule has 0 saturated carbocycles. The highest BCUT2D eigenvalue weighted by Crippen LogP contribution is 2.18. The predicted octanol–water partition coefficient (Wildman–Crippen LogP) is 3.15. The summed E-state index contributed by atoms with van der Waals surface area (Å²) in [6, 6.07) is -0.0532. The van der Waals surface area contributed by atoms with Crippen LogP contribution < -0.4 is 9.47 Å². The molecule has 0 unspecified atom stereocenters. The van der Waals surface area contributed by atoms with Crippen molar-refractivity contribution >= 4 is 23.2 Å². The van der Waals surface area contributed by atoms with Crippen LogP contribution in [-0.4, -0.2) is 41.6 Å². The Balaban J connectivity index is 0.000000254. The molecule has 0 atom stereocenters. The van der Waals surface area contributed by atoms with Gasteiger partial charge in [-0.1, -0.05) is 0 Å². The number of ether oxygens (including phenoxy) is 2. The van der Waals surface area contributed by atoms with Crippen molar-refractivity contribution in [3.63, 3.8) is 0 Å². The van der Waals surface area contributed by atoms with E-state index in [0.717, 1.165) is 12.4 Å². The summed E-state index contributed by atoms with van der Waals surface area (Å²) in [5, 5.41) is 8.79. The Morgan fingerprint density at radius 2 is 1.23 bits per heavy atom. The normalized spacial score (nSPS) is 10.0. The minimum absolute atomic E-state index is 0.0226. The molecule has 136 valence electrons. The molecule has 13 heteroatoms. The van der Waals surface area contributed by atoms with E-state index in [1.54, 1.807) is 0 Å². The van der Waals surface area contributed by atoms with Gasteiger partial charge < -0.3 is 14.6 Å². The van der Waals surface area contributed by atoms with Crippen molar-refractivity contribution in [2.75, 3.05) is 0 Å². The Hall–Kier alpha value is -2.92. The maximum atomic E-state index is 11.9. The van der Waals surface area contributed by atoms with E-state index in [9.17, 15) is 8.78 Å². The molecule has 0 saturated heterocycles. The molecular weight excluding hydrogens is 397 g/mol. The predicted molar refractivity (Wildman–Crippen MR) is 84.5 cm³/mol. The molecule has 0 aliphatic rings. The highest BCUT2D eigenvalue weighted by atomic mass is 35.5. The molecular formula is C13H8Cl2F2N6O3. The first kappa shape index (κ1) is 19.4. The largest absolute Gasteiger partial charge is 0.505 e. The monoisotopic (exact) mass is 404 g/mol. The highest BCUT2D eigenvalue weighted by Gasteiger charge is 2.06. The maximum absolute atomic E-state index is 11.9. The second-order valence-electron chi connectivity index (χ2n) is 4.08. The van der Waals surface area contributed by atoms with Crippen LogP contribution >= 0.6 is 23.2 Å². The van der Waals surface area contributed by atoms with Crippen molar-refractivity contribution in [2.24, 2.45) is 0 Å². The van der Waals surface area contributed by atoms with E-state index >= 15 is 0 Å². The van der Waals surface area contributed by atoms with Crippen LogP contribution in [0.5, 0.6) is 23.3 Å². The molecule has 0 aliphatic carbocycles. The van der Waals surface area contributed by atoms with Crippen LogP contribution in [0.3, 0.4) is 0 Å². The summed E-state index contributed by atoms with van der Waals surface area (Å²) in [4.78, 5) is 21.7. The molecule has 0 radical (unpaired) electrons. The average molecular weight is 405 g/mol. The number of alkyl halides is 2. The zero-order chi connectivity index (χ0) is 18.9. The van der Waals surface area contributed by atoms with Crippen LogP contribution in [0.2, 0.25) is 10.6 Å². The van der Waals surface area contributed by atoms with Crippen molar-refractivity contribution in [3.8, 4) is 23.3 Å².